The van der Waals surface area contributed by atoms with E-state index in [0.29, 0.717) is 37.1 Å². The first kappa shape index (κ1) is 43.6. The predicted molar refractivity (Wildman–Crippen MR) is 258 cm³/mol. The normalized spacial score (nSPS) is 21.7. The molecule has 1 unspecified atom stereocenters. The molecule has 4 saturated heterocycles. The average molecular weight is 909 g/mol. The largest absolute Gasteiger partial charge is 0.463 e. The number of nitrogens with one attached hydrogen (secondary N) is 1. The summed E-state index contributed by atoms with van der Waals surface area (Å²) in [7, 11) is 1.75. The molecule has 15 heteroatoms. The van der Waals surface area contributed by atoms with E-state index in [1.807, 2.05) is 24.3 Å². The van der Waals surface area contributed by atoms with Crippen molar-refractivity contribution in [2.24, 2.45) is 18.4 Å². The van der Waals surface area contributed by atoms with Gasteiger partial charge in [0.1, 0.15) is 17.7 Å². The van der Waals surface area contributed by atoms with E-state index in [0.717, 1.165) is 162 Å². The number of nitrogens with zero attached hydrogens (tertiary/aromatic N) is 9. The van der Waals surface area contributed by atoms with Crippen LogP contribution in [0.5, 0.6) is 6.01 Å². The molecule has 1 saturated carbocycles. The summed E-state index contributed by atoms with van der Waals surface area (Å²) in [6.07, 6.45) is 15.3. The van der Waals surface area contributed by atoms with Crippen molar-refractivity contribution in [2.75, 3.05) is 93.3 Å². The van der Waals surface area contributed by atoms with Gasteiger partial charge in [0, 0.05) is 113 Å². The Labute approximate surface area is 391 Å². The number of piperidine rings is 3. The van der Waals surface area contributed by atoms with Crippen molar-refractivity contribution < 1.29 is 18.7 Å². The number of benzene rings is 3. The summed E-state index contributed by atoms with van der Waals surface area (Å²) in [5.41, 5.74) is 5.91. The van der Waals surface area contributed by atoms with Gasteiger partial charge >= 0.3 is 11.7 Å². The topological polar surface area (TPSA) is 124 Å². The van der Waals surface area contributed by atoms with Crippen molar-refractivity contribution in [1.29, 1.82) is 0 Å². The number of hydrogen-bond acceptors (Lipinski definition) is 11. The maximum atomic E-state index is 15.0. The highest BCUT2D eigenvalue weighted by atomic mass is 19.1. The summed E-state index contributed by atoms with van der Waals surface area (Å²) in [5, 5.41) is 4.10. The van der Waals surface area contributed by atoms with Gasteiger partial charge < -0.3 is 29.2 Å². The molecule has 14 nitrogen and oxygen atoms in total. The second kappa shape index (κ2) is 17.9. The first-order chi connectivity index (χ1) is 32.6. The van der Waals surface area contributed by atoms with E-state index < -0.39 is 11.9 Å². The number of anilines is 3. The number of aromatic nitrogens is 4. The monoisotopic (exact) mass is 908 g/mol. The third-order valence-corrected chi connectivity index (χ3v) is 15.7. The summed E-state index contributed by atoms with van der Waals surface area (Å²) in [6.45, 7) is 12.3. The average Bonchev–Trinajstić information content (AvgIpc) is 4.08. The zero-order valence-corrected chi connectivity index (χ0v) is 38.7. The summed E-state index contributed by atoms with van der Waals surface area (Å²) < 4.78 is 24.8. The molecule has 1 N–H and O–H groups in total. The van der Waals surface area contributed by atoms with Gasteiger partial charge in [0.25, 0.3) is 0 Å². The van der Waals surface area contributed by atoms with E-state index >= 15 is 0 Å². The van der Waals surface area contributed by atoms with Crippen LogP contribution in [0.1, 0.15) is 80.7 Å². The molecule has 2 aromatic heterocycles. The van der Waals surface area contributed by atoms with Crippen molar-refractivity contribution in [3.63, 3.8) is 0 Å². The smallest absolute Gasteiger partial charge is 0.329 e. The maximum absolute atomic E-state index is 15.0. The number of imidazole rings is 1. The van der Waals surface area contributed by atoms with Crippen LogP contribution in [0.4, 0.5) is 21.6 Å². The number of imide groups is 1. The number of halogens is 1. The molecule has 1 aliphatic carbocycles. The molecule has 0 radical (unpaired) electrons. The number of amides is 2. The van der Waals surface area contributed by atoms with Gasteiger partial charge in [0.2, 0.25) is 11.8 Å². The molecule has 7 heterocycles. The lowest BCUT2D eigenvalue weighted by Gasteiger charge is -2.40. The van der Waals surface area contributed by atoms with Crippen LogP contribution in [0.3, 0.4) is 0 Å². The molecule has 67 heavy (non-hydrogen) atoms. The van der Waals surface area contributed by atoms with Gasteiger partial charge in [-0.2, -0.15) is 9.97 Å². The molecular weight excluding hydrogens is 848 g/mol. The minimum Gasteiger partial charge on any atom is -0.463 e. The molecule has 350 valence electrons. The van der Waals surface area contributed by atoms with Crippen molar-refractivity contribution in [3.8, 4) is 18.4 Å². The number of hydrogen-bond donors (Lipinski definition) is 1. The Balaban J connectivity index is 0.692. The number of piperazine rings is 1. The van der Waals surface area contributed by atoms with Crippen LogP contribution < -0.4 is 30.4 Å². The molecule has 1 atom stereocenters. The third-order valence-electron chi connectivity index (χ3n) is 15.7. The Morgan fingerprint density at radius 2 is 1.63 bits per heavy atom. The second-order valence-corrected chi connectivity index (χ2v) is 20.1. The summed E-state index contributed by atoms with van der Waals surface area (Å²) in [6, 6.07) is 15.2. The number of carbonyl (C=O) groups excluding carboxylic acids is 2. The standard InChI is InChI=1S/C52H61FN10O4/c1-3-38-40(53)12-10-36-8-7-9-43(47(36)38)62-25-18-39-41(32-62)54-50(56-48(39)61-21-5-4-6-22-61)67-34-52(19-20-52)33-59-28-26-58(27-29-59)31-35-16-23-60(24-17-35)37-11-13-42-45(30-37)57(2)51(66)63(42)44-14-15-46(64)55-49(44)65/h1,7-13,30,35,44H,4-6,14-29,31-34H2,2H3,(H,55,64,65). The number of rotatable bonds is 11. The number of ether oxygens (including phenoxy) is 1. The molecule has 5 fully saturated rings. The van der Waals surface area contributed by atoms with Crippen LogP contribution in [-0.2, 0) is 29.6 Å². The summed E-state index contributed by atoms with van der Waals surface area (Å²) in [4.78, 5) is 60.4. The fourth-order valence-corrected chi connectivity index (χ4v) is 11.6. The highest BCUT2D eigenvalue weighted by Crippen LogP contribution is 2.47. The first-order valence-corrected chi connectivity index (χ1v) is 24.6. The van der Waals surface area contributed by atoms with Crippen LogP contribution in [-0.4, -0.2) is 119 Å². The molecular formula is C52H61FN10O4. The lowest BCUT2D eigenvalue weighted by molar-refractivity contribution is -0.135. The Bertz CT molecular complexity index is 2830. The number of terminal acetylenes is 1. The minimum absolute atomic E-state index is 0.118. The number of aryl methyl sites for hydroxylation is 1. The van der Waals surface area contributed by atoms with Crippen LogP contribution >= 0.6 is 0 Å². The Morgan fingerprint density at radius 1 is 0.836 bits per heavy atom. The Hall–Kier alpha value is -5.98. The van der Waals surface area contributed by atoms with Crippen LogP contribution in [0, 0.1) is 29.5 Å². The zero-order chi connectivity index (χ0) is 45.8. The highest BCUT2D eigenvalue weighted by molar-refractivity contribution is 6.00. The number of carbonyl (C=O) groups is 2. The lowest BCUT2D eigenvalue weighted by atomic mass is 9.95. The summed E-state index contributed by atoms with van der Waals surface area (Å²) in [5.74, 6) is 3.21. The minimum atomic E-state index is -0.683. The molecule has 2 amide bonds. The SMILES string of the molecule is C#Cc1c(F)ccc2cccc(N3CCc4c(nc(OCC5(CN6CCN(CC7CCN(c8ccc9c(c8)n(C)c(=O)n9C8CCC(=O)NC8=O)CC7)CC6)CC5)nc4N4CCCCC4)C3)c12. The fraction of sp³-hybridized carbons (Fsp3) is 0.519. The third kappa shape index (κ3) is 8.52. The summed E-state index contributed by atoms with van der Waals surface area (Å²) >= 11 is 0. The molecule has 0 bridgehead atoms. The molecule has 3 aromatic carbocycles. The van der Waals surface area contributed by atoms with Gasteiger partial charge in [-0.3, -0.25) is 24.0 Å². The van der Waals surface area contributed by atoms with E-state index in [2.05, 4.69) is 47.9 Å². The first-order valence-electron chi connectivity index (χ1n) is 24.6. The van der Waals surface area contributed by atoms with Gasteiger partial charge in [-0.25, -0.2) is 9.18 Å². The van der Waals surface area contributed by atoms with Crippen molar-refractivity contribution in [2.45, 2.75) is 76.8 Å². The number of fused-ring (bicyclic) bond motifs is 3. The fourth-order valence-electron chi connectivity index (χ4n) is 11.6. The molecule has 6 aliphatic rings. The van der Waals surface area contributed by atoms with Gasteiger partial charge in [0.05, 0.1) is 35.4 Å². The van der Waals surface area contributed by atoms with E-state index in [-0.39, 0.29) is 29.2 Å². The maximum Gasteiger partial charge on any atom is 0.329 e. The van der Waals surface area contributed by atoms with Crippen LogP contribution in [0.15, 0.2) is 53.3 Å². The van der Waals surface area contributed by atoms with Gasteiger partial charge in [-0.15, -0.1) is 6.42 Å². The molecule has 5 aliphatic heterocycles. The van der Waals surface area contributed by atoms with E-state index in [4.69, 9.17) is 21.1 Å². The van der Waals surface area contributed by atoms with Crippen molar-refractivity contribution in [1.82, 2.24) is 34.2 Å². The Kier molecular flexibility index (Phi) is 11.7. The quantitative estimate of drug-likeness (QED) is 0.131. The molecule has 0 spiro atoms. The predicted octanol–water partition coefficient (Wildman–Crippen LogP) is 5.63. The van der Waals surface area contributed by atoms with E-state index in [1.54, 1.807) is 22.2 Å². The van der Waals surface area contributed by atoms with E-state index in [9.17, 15) is 18.8 Å². The van der Waals surface area contributed by atoms with Gasteiger partial charge in [-0.05, 0) is 99.4 Å². The van der Waals surface area contributed by atoms with E-state index in [1.165, 1.54) is 18.1 Å². The molecule has 5 aromatic rings. The Morgan fingerprint density at radius 3 is 2.39 bits per heavy atom. The molecule has 11 rings (SSSR count). The van der Waals surface area contributed by atoms with Gasteiger partial charge in [0.15, 0.2) is 0 Å². The van der Waals surface area contributed by atoms with Gasteiger partial charge in [-0.1, -0.05) is 24.1 Å². The van der Waals surface area contributed by atoms with Crippen molar-refractivity contribution >= 4 is 50.8 Å². The van der Waals surface area contributed by atoms with Crippen LogP contribution in [0.2, 0.25) is 0 Å². The second-order valence-electron chi connectivity index (χ2n) is 20.1. The van der Waals surface area contributed by atoms with Crippen molar-refractivity contribution in [3.05, 3.63) is 81.7 Å². The van der Waals surface area contributed by atoms with Crippen LogP contribution in [0.25, 0.3) is 21.8 Å². The highest BCUT2D eigenvalue weighted by Gasteiger charge is 2.45. The zero-order valence-electron chi connectivity index (χ0n) is 38.7. The lowest BCUT2D eigenvalue weighted by Crippen LogP contribution is -2.50.